The fraction of sp³-hybridized carbons (Fsp3) is 0.500. The van der Waals surface area contributed by atoms with Crippen molar-refractivity contribution in [2.45, 2.75) is 12.5 Å². The van der Waals surface area contributed by atoms with Gasteiger partial charge in [-0.2, -0.15) is 0 Å². The fourth-order valence-electron chi connectivity index (χ4n) is 2.52. The molecule has 1 fully saturated rings. The summed E-state index contributed by atoms with van der Waals surface area (Å²) >= 11 is 0. The monoisotopic (exact) mass is 263 g/mol. The Morgan fingerprint density at radius 3 is 2.79 bits per heavy atom. The number of hydrogen-bond acceptors (Lipinski definition) is 4. The van der Waals surface area contributed by atoms with Gasteiger partial charge in [-0.3, -0.25) is 4.79 Å². The number of nitrogens with two attached hydrogens (primary N) is 1. The van der Waals surface area contributed by atoms with Crippen LogP contribution < -0.4 is 15.4 Å². The van der Waals surface area contributed by atoms with Crippen LogP contribution in [0.15, 0.2) is 24.3 Å². The molecule has 1 aliphatic rings. The van der Waals surface area contributed by atoms with E-state index in [0.29, 0.717) is 6.54 Å². The van der Waals surface area contributed by atoms with Gasteiger partial charge in [0, 0.05) is 26.7 Å². The van der Waals surface area contributed by atoms with Crippen molar-refractivity contribution in [1.82, 2.24) is 4.90 Å². The number of carbonyl (C=O) groups is 1. The first-order valence-electron chi connectivity index (χ1n) is 6.53. The van der Waals surface area contributed by atoms with Crippen molar-refractivity contribution < 1.29 is 9.53 Å². The second kappa shape index (κ2) is 5.93. The third kappa shape index (κ3) is 2.66. The topological polar surface area (TPSA) is 58.8 Å². The van der Waals surface area contributed by atoms with E-state index in [1.54, 1.807) is 12.0 Å². The average molecular weight is 263 g/mol. The smallest absolute Gasteiger partial charge is 0.246 e. The number of amides is 1. The summed E-state index contributed by atoms with van der Waals surface area (Å²) in [5.74, 6) is 0.851. The lowest BCUT2D eigenvalue weighted by molar-refractivity contribution is -0.130. The second-order valence-electron chi connectivity index (χ2n) is 4.73. The lowest BCUT2D eigenvalue weighted by Gasteiger charge is -2.31. The molecule has 5 nitrogen and oxygen atoms in total. The molecule has 1 aromatic rings. The number of methoxy groups -OCH3 is 1. The number of carbonyl (C=O) groups excluding carboxylic acids is 1. The Balaban J connectivity index is 2.37. The minimum atomic E-state index is -0.316. The Morgan fingerprint density at radius 1 is 1.37 bits per heavy atom. The normalized spacial score (nSPS) is 20.4. The van der Waals surface area contributed by atoms with Gasteiger partial charge in [-0.05, 0) is 18.6 Å². The van der Waals surface area contributed by atoms with E-state index < -0.39 is 0 Å². The summed E-state index contributed by atoms with van der Waals surface area (Å²) in [6, 6.07) is 7.43. The number of hydrogen-bond donors (Lipinski definition) is 1. The summed E-state index contributed by atoms with van der Waals surface area (Å²) in [4.78, 5) is 16.1. The fourth-order valence-corrected chi connectivity index (χ4v) is 2.52. The van der Waals surface area contributed by atoms with Gasteiger partial charge in [0.2, 0.25) is 5.91 Å². The van der Waals surface area contributed by atoms with Crippen LogP contribution in [0, 0.1) is 0 Å². The molecule has 1 aliphatic heterocycles. The molecule has 0 aliphatic carbocycles. The highest BCUT2D eigenvalue weighted by Crippen LogP contribution is 2.30. The number of anilines is 1. The molecule has 19 heavy (non-hydrogen) atoms. The largest absolute Gasteiger partial charge is 0.495 e. The number of likely N-dealkylation sites (N-methyl/N-ethyl adjacent to an activating group) is 1. The first-order chi connectivity index (χ1) is 9.19. The molecule has 1 saturated heterocycles. The van der Waals surface area contributed by atoms with Crippen molar-refractivity contribution >= 4 is 11.6 Å². The number of ether oxygens (including phenoxy) is 1. The molecule has 2 rings (SSSR count). The molecule has 1 atom stereocenters. The Labute approximate surface area is 113 Å². The maximum atomic E-state index is 12.3. The van der Waals surface area contributed by atoms with Crippen molar-refractivity contribution in [3.05, 3.63) is 24.3 Å². The lowest BCUT2D eigenvalue weighted by atomic mass is 10.1. The van der Waals surface area contributed by atoms with Crippen LogP contribution in [-0.2, 0) is 4.79 Å². The van der Waals surface area contributed by atoms with Gasteiger partial charge in [-0.25, -0.2) is 0 Å². The van der Waals surface area contributed by atoms with Gasteiger partial charge in [-0.1, -0.05) is 12.1 Å². The number of rotatable bonds is 3. The van der Waals surface area contributed by atoms with Crippen molar-refractivity contribution in [3.8, 4) is 5.75 Å². The van der Waals surface area contributed by atoms with Gasteiger partial charge in [0.25, 0.3) is 0 Å². The lowest BCUT2D eigenvalue weighted by Crippen LogP contribution is -2.49. The van der Waals surface area contributed by atoms with E-state index in [0.717, 1.165) is 30.9 Å². The molecule has 1 aromatic carbocycles. The summed E-state index contributed by atoms with van der Waals surface area (Å²) in [6.45, 7) is 1.88. The summed E-state index contributed by atoms with van der Waals surface area (Å²) in [6.07, 6.45) is 0.927. The molecule has 1 amide bonds. The molecule has 0 bridgehead atoms. The third-order valence-electron chi connectivity index (χ3n) is 3.55. The summed E-state index contributed by atoms with van der Waals surface area (Å²) < 4.78 is 5.39. The van der Waals surface area contributed by atoms with E-state index in [-0.39, 0.29) is 11.9 Å². The Bertz CT molecular complexity index is 450. The molecule has 2 N–H and O–H groups in total. The summed E-state index contributed by atoms with van der Waals surface area (Å²) in [5, 5.41) is 0. The minimum Gasteiger partial charge on any atom is -0.495 e. The summed E-state index contributed by atoms with van der Waals surface area (Å²) in [5.41, 5.74) is 6.75. The Morgan fingerprint density at radius 2 is 2.11 bits per heavy atom. The van der Waals surface area contributed by atoms with Crippen LogP contribution in [0.25, 0.3) is 0 Å². The highest BCUT2D eigenvalue weighted by Gasteiger charge is 2.31. The van der Waals surface area contributed by atoms with Gasteiger partial charge in [0.05, 0.1) is 12.8 Å². The van der Waals surface area contributed by atoms with Crippen LogP contribution in [0.1, 0.15) is 6.42 Å². The number of benzene rings is 1. The van der Waals surface area contributed by atoms with Crippen molar-refractivity contribution in [1.29, 1.82) is 0 Å². The number of nitrogens with zero attached hydrogens (tertiary/aromatic N) is 2. The predicted molar refractivity (Wildman–Crippen MR) is 75.4 cm³/mol. The zero-order valence-electron chi connectivity index (χ0n) is 11.5. The van der Waals surface area contributed by atoms with Gasteiger partial charge in [0.15, 0.2) is 0 Å². The van der Waals surface area contributed by atoms with E-state index in [1.165, 1.54) is 0 Å². The van der Waals surface area contributed by atoms with Crippen LogP contribution >= 0.6 is 0 Å². The Hall–Kier alpha value is -1.75. The highest BCUT2D eigenvalue weighted by molar-refractivity contribution is 5.86. The molecule has 0 saturated carbocycles. The quantitative estimate of drug-likeness (QED) is 0.871. The van der Waals surface area contributed by atoms with Crippen LogP contribution in [0.2, 0.25) is 0 Å². The van der Waals surface area contributed by atoms with Crippen molar-refractivity contribution in [2.75, 3.05) is 38.7 Å². The average Bonchev–Trinajstić information content (AvgIpc) is 2.58. The maximum absolute atomic E-state index is 12.3. The SMILES string of the molecule is COc1ccccc1N1CCCN(C)C(=O)C1CN. The molecule has 5 heteroatoms. The van der Waals surface area contributed by atoms with Gasteiger partial charge in [-0.15, -0.1) is 0 Å². The van der Waals surface area contributed by atoms with E-state index in [2.05, 4.69) is 4.90 Å². The predicted octanol–water partition coefficient (Wildman–Crippen LogP) is 0.691. The Kier molecular flexibility index (Phi) is 4.27. The van der Waals surface area contributed by atoms with E-state index in [9.17, 15) is 4.79 Å². The van der Waals surface area contributed by atoms with Crippen LogP contribution in [0.3, 0.4) is 0 Å². The zero-order chi connectivity index (χ0) is 13.8. The van der Waals surface area contributed by atoms with Crippen LogP contribution in [0.4, 0.5) is 5.69 Å². The van der Waals surface area contributed by atoms with E-state index in [1.807, 2.05) is 31.3 Å². The van der Waals surface area contributed by atoms with E-state index in [4.69, 9.17) is 10.5 Å². The van der Waals surface area contributed by atoms with Gasteiger partial charge >= 0.3 is 0 Å². The standard InChI is InChI=1S/C14H21N3O2/c1-16-8-5-9-17(12(10-15)14(16)18)11-6-3-4-7-13(11)19-2/h3-4,6-7,12H,5,8-10,15H2,1-2H3. The minimum absolute atomic E-state index is 0.0749. The first-order valence-corrected chi connectivity index (χ1v) is 6.53. The van der Waals surface area contributed by atoms with E-state index >= 15 is 0 Å². The molecule has 1 heterocycles. The van der Waals surface area contributed by atoms with Gasteiger partial charge < -0.3 is 20.3 Å². The highest BCUT2D eigenvalue weighted by atomic mass is 16.5. The zero-order valence-corrected chi connectivity index (χ0v) is 11.5. The molecular formula is C14H21N3O2. The molecule has 1 unspecified atom stereocenters. The van der Waals surface area contributed by atoms with Crippen molar-refractivity contribution in [2.24, 2.45) is 5.73 Å². The van der Waals surface area contributed by atoms with Crippen LogP contribution in [0.5, 0.6) is 5.75 Å². The molecule has 0 spiro atoms. The van der Waals surface area contributed by atoms with Crippen LogP contribution in [-0.4, -0.2) is 50.6 Å². The number of para-hydroxylation sites is 2. The van der Waals surface area contributed by atoms with Crippen molar-refractivity contribution in [3.63, 3.8) is 0 Å². The maximum Gasteiger partial charge on any atom is 0.246 e. The third-order valence-corrected chi connectivity index (χ3v) is 3.55. The summed E-state index contributed by atoms with van der Waals surface area (Å²) in [7, 11) is 3.47. The molecular weight excluding hydrogens is 242 g/mol. The first kappa shape index (κ1) is 13.7. The molecule has 104 valence electrons. The molecule has 0 aromatic heterocycles. The van der Waals surface area contributed by atoms with Gasteiger partial charge in [0.1, 0.15) is 11.8 Å². The molecule has 0 radical (unpaired) electrons. The second-order valence-corrected chi connectivity index (χ2v) is 4.73.